The number of carbonyl (C=O) groups excluding carboxylic acids is 1. The molecular formula is C17H21N3O2. The maximum atomic E-state index is 12.1. The molecule has 1 aliphatic heterocycles. The maximum absolute atomic E-state index is 12.1. The van der Waals surface area contributed by atoms with Gasteiger partial charge in [-0.3, -0.25) is 4.79 Å². The van der Waals surface area contributed by atoms with Gasteiger partial charge in [0.2, 0.25) is 5.91 Å². The van der Waals surface area contributed by atoms with Crippen LogP contribution >= 0.6 is 0 Å². The van der Waals surface area contributed by atoms with Gasteiger partial charge in [-0.25, -0.2) is 0 Å². The zero-order valence-electron chi connectivity index (χ0n) is 12.6. The Morgan fingerprint density at radius 3 is 2.86 bits per heavy atom. The molecule has 22 heavy (non-hydrogen) atoms. The third-order valence-electron chi connectivity index (χ3n) is 4.80. The summed E-state index contributed by atoms with van der Waals surface area (Å²) in [5, 5.41) is 3.20. The van der Waals surface area contributed by atoms with Gasteiger partial charge in [0.1, 0.15) is 5.52 Å². The van der Waals surface area contributed by atoms with E-state index in [1.54, 1.807) is 0 Å². The number of nitrogens with zero attached hydrogens (tertiary/aromatic N) is 2. The summed E-state index contributed by atoms with van der Waals surface area (Å²) in [7, 11) is 0. The van der Waals surface area contributed by atoms with Crippen molar-refractivity contribution in [1.29, 1.82) is 0 Å². The van der Waals surface area contributed by atoms with Gasteiger partial charge in [-0.1, -0.05) is 18.6 Å². The van der Waals surface area contributed by atoms with E-state index in [0.29, 0.717) is 6.01 Å². The molecule has 0 bridgehead atoms. The summed E-state index contributed by atoms with van der Waals surface area (Å²) in [5.74, 6) is 0.482. The van der Waals surface area contributed by atoms with Crippen molar-refractivity contribution in [3.05, 3.63) is 24.3 Å². The Morgan fingerprint density at radius 2 is 2.09 bits per heavy atom. The van der Waals surface area contributed by atoms with E-state index in [-0.39, 0.29) is 17.9 Å². The molecule has 1 aromatic carbocycles. The molecule has 5 nitrogen and oxygen atoms in total. The maximum Gasteiger partial charge on any atom is 0.298 e. The van der Waals surface area contributed by atoms with Crippen molar-refractivity contribution in [2.24, 2.45) is 5.92 Å². The molecule has 5 heteroatoms. The van der Waals surface area contributed by atoms with Crippen LogP contribution in [0.3, 0.4) is 0 Å². The number of anilines is 1. The number of nitrogens with one attached hydrogen (secondary N) is 1. The lowest BCUT2D eigenvalue weighted by Gasteiger charge is -2.34. The minimum absolute atomic E-state index is 0.205. The number of piperidine rings is 1. The monoisotopic (exact) mass is 299 g/mol. The Morgan fingerprint density at radius 1 is 1.23 bits per heavy atom. The number of para-hydroxylation sites is 2. The standard InChI is InChI=1S/C17H21N3O2/c21-16(12-5-3-6-12)18-13-7-4-10-20(11-13)17-19-14-8-1-2-9-15(14)22-17/h1-2,8-9,12-13H,3-7,10-11H2,(H,18,21). The molecule has 1 saturated carbocycles. The summed E-state index contributed by atoms with van der Waals surface area (Å²) in [6.45, 7) is 1.72. The number of amides is 1. The van der Waals surface area contributed by atoms with Gasteiger partial charge in [0.05, 0.1) is 0 Å². The van der Waals surface area contributed by atoms with Crippen LogP contribution in [0.15, 0.2) is 28.7 Å². The van der Waals surface area contributed by atoms with Crippen LogP contribution in [-0.2, 0) is 4.79 Å². The first-order valence-electron chi connectivity index (χ1n) is 8.20. The first kappa shape index (κ1) is 13.6. The molecule has 2 aliphatic rings. The molecule has 4 rings (SSSR count). The normalized spacial score (nSPS) is 22.5. The van der Waals surface area contributed by atoms with Crippen molar-refractivity contribution in [3.63, 3.8) is 0 Å². The Labute approximate surface area is 129 Å². The van der Waals surface area contributed by atoms with Crippen molar-refractivity contribution in [2.45, 2.75) is 38.1 Å². The third-order valence-corrected chi connectivity index (χ3v) is 4.80. The topological polar surface area (TPSA) is 58.4 Å². The molecule has 1 atom stereocenters. The summed E-state index contributed by atoms with van der Waals surface area (Å²) in [5.41, 5.74) is 1.70. The molecule has 1 unspecified atom stereocenters. The summed E-state index contributed by atoms with van der Waals surface area (Å²) >= 11 is 0. The van der Waals surface area contributed by atoms with Crippen molar-refractivity contribution >= 4 is 23.0 Å². The highest BCUT2D eigenvalue weighted by atomic mass is 16.4. The highest BCUT2D eigenvalue weighted by Gasteiger charge is 2.29. The number of benzene rings is 1. The van der Waals surface area contributed by atoms with Gasteiger partial charge in [0.15, 0.2) is 5.58 Å². The number of fused-ring (bicyclic) bond motifs is 1. The molecule has 1 aromatic heterocycles. The minimum atomic E-state index is 0.205. The van der Waals surface area contributed by atoms with Crippen LogP contribution in [0.5, 0.6) is 0 Å². The molecule has 1 amide bonds. The molecule has 2 heterocycles. The van der Waals surface area contributed by atoms with Gasteiger partial charge in [0, 0.05) is 25.0 Å². The quantitative estimate of drug-likeness (QED) is 0.946. The smallest absolute Gasteiger partial charge is 0.298 e. The largest absolute Gasteiger partial charge is 0.423 e. The zero-order chi connectivity index (χ0) is 14.9. The predicted molar refractivity (Wildman–Crippen MR) is 84.7 cm³/mol. The van der Waals surface area contributed by atoms with Crippen molar-refractivity contribution in [2.75, 3.05) is 18.0 Å². The van der Waals surface area contributed by atoms with Crippen LogP contribution in [0, 0.1) is 5.92 Å². The van der Waals surface area contributed by atoms with Crippen molar-refractivity contribution in [1.82, 2.24) is 10.3 Å². The highest BCUT2D eigenvalue weighted by molar-refractivity contribution is 5.79. The van der Waals surface area contributed by atoms with E-state index in [1.165, 1.54) is 6.42 Å². The number of rotatable bonds is 3. The molecule has 1 N–H and O–H groups in total. The second-order valence-electron chi connectivity index (χ2n) is 6.39. The number of hydrogen-bond donors (Lipinski definition) is 1. The fourth-order valence-corrected chi connectivity index (χ4v) is 3.25. The minimum Gasteiger partial charge on any atom is -0.423 e. The lowest BCUT2D eigenvalue weighted by atomic mass is 9.84. The SMILES string of the molecule is O=C(NC1CCCN(c2nc3ccccc3o2)C1)C1CCC1. The number of carbonyl (C=O) groups is 1. The van der Waals surface area contributed by atoms with E-state index >= 15 is 0 Å². The van der Waals surface area contributed by atoms with E-state index in [1.807, 2.05) is 24.3 Å². The molecule has 1 saturated heterocycles. The summed E-state index contributed by atoms with van der Waals surface area (Å²) in [4.78, 5) is 18.8. The molecule has 2 fully saturated rings. The van der Waals surface area contributed by atoms with Crippen LogP contribution in [-0.4, -0.2) is 30.0 Å². The molecule has 0 radical (unpaired) electrons. The Hall–Kier alpha value is -2.04. The zero-order valence-corrected chi connectivity index (χ0v) is 12.6. The van der Waals surface area contributed by atoms with Gasteiger partial charge < -0.3 is 14.6 Å². The second-order valence-corrected chi connectivity index (χ2v) is 6.39. The first-order valence-corrected chi connectivity index (χ1v) is 8.20. The number of aromatic nitrogens is 1. The van der Waals surface area contributed by atoms with E-state index in [2.05, 4.69) is 15.2 Å². The molecule has 1 aliphatic carbocycles. The van der Waals surface area contributed by atoms with Gasteiger partial charge in [-0.2, -0.15) is 4.98 Å². The van der Waals surface area contributed by atoms with E-state index in [4.69, 9.17) is 4.42 Å². The van der Waals surface area contributed by atoms with Gasteiger partial charge >= 0.3 is 0 Å². The van der Waals surface area contributed by atoms with E-state index in [9.17, 15) is 4.79 Å². The van der Waals surface area contributed by atoms with Crippen molar-refractivity contribution in [3.8, 4) is 0 Å². The number of oxazole rings is 1. The number of hydrogen-bond acceptors (Lipinski definition) is 4. The van der Waals surface area contributed by atoms with E-state index in [0.717, 1.165) is 49.9 Å². The third kappa shape index (κ3) is 2.56. The summed E-state index contributed by atoms with van der Waals surface area (Å²) in [6.07, 6.45) is 5.38. The lowest BCUT2D eigenvalue weighted by molar-refractivity contribution is -0.128. The molecule has 2 aromatic rings. The fraction of sp³-hybridized carbons (Fsp3) is 0.529. The summed E-state index contributed by atoms with van der Waals surface area (Å²) in [6, 6.07) is 8.69. The van der Waals surface area contributed by atoms with Crippen LogP contribution < -0.4 is 10.2 Å². The van der Waals surface area contributed by atoms with Crippen LogP contribution in [0.25, 0.3) is 11.1 Å². The lowest BCUT2D eigenvalue weighted by Crippen LogP contribution is -2.50. The van der Waals surface area contributed by atoms with Gasteiger partial charge in [-0.05, 0) is 37.8 Å². The average molecular weight is 299 g/mol. The average Bonchev–Trinajstić information content (AvgIpc) is 2.89. The Bertz CT molecular complexity index is 644. The molecule has 116 valence electrons. The fourth-order valence-electron chi connectivity index (χ4n) is 3.25. The Balaban J connectivity index is 1.44. The van der Waals surface area contributed by atoms with Crippen molar-refractivity contribution < 1.29 is 9.21 Å². The van der Waals surface area contributed by atoms with E-state index < -0.39 is 0 Å². The first-order chi connectivity index (χ1) is 10.8. The predicted octanol–water partition coefficient (Wildman–Crippen LogP) is 2.71. The Kier molecular flexibility index (Phi) is 3.48. The molecule has 0 spiro atoms. The van der Waals surface area contributed by atoms with Crippen LogP contribution in [0.2, 0.25) is 0 Å². The van der Waals surface area contributed by atoms with Crippen LogP contribution in [0.4, 0.5) is 6.01 Å². The van der Waals surface area contributed by atoms with Gasteiger partial charge in [-0.15, -0.1) is 0 Å². The van der Waals surface area contributed by atoms with Crippen LogP contribution in [0.1, 0.15) is 32.1 Å². The highest BCUT2D eigenvalue weighted by Crippen LogP contribution is 2.27. The van der Waals surface area contributed by atoms with Gasteiger partial charge in [0.25, 0.3) is 6.01 Å². The second kappa shape index (κ2) is 5.63. The summed E-state index contributed by atoms with van der Waals surface area (Å²) < 4.78 is 5.84. The molecular weight excluding hydrogens is 278 g/mol.